The average molecular weight is 374 g/mol. The van der Waals surface area contributed by atoms with Crippen LogP contribution < -0.4 is 5.32 Å². The molecule has 0 unspecified atom stereocenters. The van der Waals surface area contributed by atoms with Gasteiger partial charge >= 0.3 is 0 Å². The van der Waals surface area contributed by atoms with Gasteiger partial charge in [-0.3, -0.25) is 4.90 Å². The number of furan rings is 1. The van der Waals surface area contributed by atoms with Crippen molar-refractivity contribution < 1.29 is 4.42 Å². The van der Waals surface area contributed by atoms with E-state index in [1.807, 2.05) is 6.07 Å². The van der Waals surface area contributed by atoms with Gasteiger partial charge in [-0.15, -0.1) is 24.8 Å². The lowest BCUT2D eigenvalue weighted by molar-refractivity contribution is 0.135. The summed E-state index contributed by atoms with van der Waals surface area (Å²) >= 11 is 3.39. The predicted octanol–water partition coefficient (Wildman–Crippen LogP) is 3.88. The molecule has 1 N–H and O–H groups in total. The summed E-state index contributed by atoms with van der Waals surface area (Å²) in [6, 6.07) is 4.51. The molecule has 0 aliphatic carbocycles. The van der Waals surface area contributed by atoms with Crippen LogP contribution in [0.15, 0.2) is 21.2 Å². The Morgan fingerprint density at radius 2 is 1.89 bits per heavy atom. The van der Waals surface area contributed by atoms with Crippen molar-refractivity contribution in [2.75, 3.05) is 26.2 Å². The fraction of sp³-hybridized carbons (Fsp3) is 0.692. The summed E-state index contributed by atoms with van der Waals surface area (Å²) in [5, 5.41) is 3.40. The standard InChI is InChI=1S/C13H21BrN2O.2ClH/c1-10(2)9-11(12-3-4-13(14)17-12)16-7-5-15-6-8-16;;/h3-4,10-11,15H,5-9H2,1-2H3;2*1H/t11-;;/m0../s1. The molecule has 1 fully saturated rings. The first kappa shape index (κ1) is 19.3. The van der Waals surface area contributed by atoms with Crippen LogP contribution >= 0.6 is 40.7 Å². The molecule has 1 aliphatic rings. The first-order valence-corrected chi connectivity index (χ1v) is 7.16. The maximum atomic E-state index is 5.75. The van der Waals surface area contributed by atoms with E-state index in [0.717, 1.165) is 43.0 Å². The summed E-state index contributed by atoms with van der Waals surface area (Å²) in [6.45, 7) is 8.92. The topological polar surface area (TPSA) is 28.4 Å². The lowest BCUT2D eigenvalue weighted by Gasteiger charge is -2.34. The van der Waals surface area contributed by atoms with Gasteiger partial charge in [-0.1, -0.05) is 13.8 Å². The van der Waals surface area contributed by atoms with Crippen molar-refractivity contribution in [3.8, 4) is 0 Å². The number of hydrogen-bond acceptors (Lipinski definition) is 3. The number of hydrogen-bond donors (Lipinski definition) is 1. The summed E-state index contributed by atoms with van der Waals surface area (Å²) in [7, 11) is 0. The van der Waals surface area contributed by atoms with Crippen LogP contribution in [0.2, 0.25) is 0 Å². The molecular formula is C13H23BrCl2N2O. The van der Waals surface area contributed by atoms with E-state index >= 15 is 0 Å². The summed E-state index contributed by atoms with van der Waals surface area (Å²) in [5.41, 5.74) is 0. The third-order valence-electron chi connectivity index (χ3n) is 3.21. The molecule has 0 amide bonds. The van der Waals surface area contributed by atoms with Crippen LogP contribution in [0.25, 0.3) is 0 Å². The van der Waals surface area contributed by atoms with Crippen LogP contribution in [0.3, 0.4) is 0 Å². The quantitative estimate of drug-likeness (QED) is 0.867. The van der Waals surface area contributed by atoms with E-state index < -0.39 is 0 Å². The van der Waals surface area contributed by atoms with E-state index in [9.17, 15) is 0 Å². The largest absolute Gasteiger partial charge is 0.453 e. The molecule has 19 heavy (non-hydrogen) atoms. The lowest BCUT2D eigenvalue weighted by Crippen LogP contribution is -2.45. The van der Waals surface area contributed by atoms with E-state index in [0.29, 0.717) is 12.0 Å². The molecule has 3 nitrogen and oxygen atoms in total. The molecule has 2 heterocycles. The molecule has 0 spiro atoms. The van der Waals surface area contributed by atoms with E-state index in [-0.39, 0.29) is 24.8 Å². The summed E-state index contributed by atoms with van der Waals surface area (Å²) in [6.07, 6.45) is 1.15. The van der Waals surface area contributed by atoms with Gasteiger partial charge in [-0.2, -0.15) is 0 Å². The number of halogens is 3. The smallest absolute Gasteiger partial charge is 0.169 e. The highest BCUT2D eigenvalue weighted by Crippen LogP contribution is 2.30. The minimum absolute atomic E-state index is 0. The van der Waals surface area contributed by atoms with Crippen molar-refractivity contribution in [1.82, 2.24) is 10.2 Å². The Kier molecular flexibility index (Phi) is 9.37. The molecule has 0 aromatic carbocycles. The van der Waals surface area contributed by atoms with E-state index in [1.165, 1.54) is 0 Å². The molecule has 0 radical (unpaired) electrons. The van der Waals surface area contributed by atoms with Crippen LogP contribution in [0, 0.1) is 5.92 Å². The summed E-state index contributed by atoms with van der Waals surface area (Å²) in [4.78, 5) is 2.53. The SMILES string of the molecule is CC(C)C[C@@H](c1ccc(Br)o1)N1CCNCC1.Cl.Cl. The number of nitrogens with zero attached hydrogens (tertiary/aromatic N) is 1. The molecule has 1 aromatic rings. The van der Waals surface area contributed by atoms with Crippen LogP contribution in [0.1, 0.15) is 32.1 Å². The molecule has 1 aromatic heterocycles. The number of piperazine rings is 1. The van der Waals surface area contributed by atoms with Crippen molar-refractivity contribution in [2.45, 2.75) is 26.3 Å². The zero-order chi connectivity index (χ0) is 12.3. The highest BCUT2D eigenvalue weighted by Gasteiger charge is 2.25. The van der Waals surface area contributed by atoms with Gasteiger partial charge in [0.15, 0.2) is 4.67 Å². The van der Waals surface area contributed by atoms with Gasteiger partial charge in [0.25, 0.3) is 0 Å². The van der Waals surface area contributed by atoms with Gasteiger partial charge in [-0.05, 0) is 40.4 Å². The summed E-state index contributed by atoms with van der Waals surface area (Å²) < 4.78 is 6.58. The normalized spacial score (nSPS) is 17.7. The second-order valence-corrected chi connectivity index (χ2v) is 5.85. The maximum absolute atomic E-state index is 5.75. The molecule has 6 heteroatoms. The molecular weight excluding hydrogens is 351 g/mol. The van der Waals surface area contributed by atoms with E-state index in [2.05, 4.69) is 46.1 Å². The fourth-order valence-corrected chi connectivity index (χ4v) is 2.71. The van der Waals surface area contributed by atoms with Gasteiger partial charge in [-0.25, -0.2) is 0 Å². The van der Waals surface area contributed by atoms with Crippen molar-refractivity contribution in [3.05, 3.63) is 22.6 Å². The summed E-state index contributed by atoms with van der Waals surface area (Å²) in [5.74, 6) is 1.77. The van der Waals surface area contributed by atoms with Gasteiger partial charge in [0.1, 0.15) is 5.76 Å². The fourth-order valence-electron chi connectivity index (χ4n) is 2.39. The van der Waals surface area contributed by atoms with Crippen molar-refractivity contribution in [3.63, 3.8) is 0 Å². The molecule has 1 atom stereocenters. The third-order valence-corrected chi connectivity index (χ3v) is 3.64. The molecule has 2 rings (SSSR count). The van der Waals surface area contributed by atoms with Crippen LogP contribution in [0.5, 0.6) is 0 Å². The molecule has 0 saturated carbocycles. The first-order valence-electron chi connectivity index (χ1n) is 6.37. The van der Waals surface area contributed by atoms with Crippen molar-refractivity contribution in [2.24, 2.45) is 5.92 Å². The van der Waals surface area contributed by atoms with Crippen LogP contribution in [-0.4, -0.2) is 31.1 Å². The third kappa shape index (κ3) is 5.64. The monoisotopic (exact) mass is 372 g/mol. The number of nitrogens with one attached hydrogen (secondary N) is 1. The molecule has 0 bridgehead atoms. The Morgan fingerprint density at radius 3 is 2.37 bits per heavy atom. The highest BCUT2D eigenvalue weighted by atomic mass is 79.9. The van der Waals surface area contributed by atoms with Crippen LogP contribution in [0.4, 0.5) is 0 Å². The van der Waals surface area contributed by atoms with Gasteiger partial charge in [0, 0.05) is 26.2 Å². The van der Waals surface area contributed by atoms with Gasteiger partial charge in [0.05, 0.1) is 6.04 Å². The molecule has 112 valence electrons. The minimum atomic E-state index is 0. The van der Waals surface area contributed by atoms with E-state index in [1.54, 1.807) is 0 Å². The van der Waals surface area contributed by atoms with Gasteiger partial charge < -0.3 is 9.73 Å². The lowest BCUT2D eigenvalue weighted by atomic mass is 10.00. The molecule has 1 aliphatic heterocycles. The Labute approximate surface area is 136 Å². The zero-order valence-corrected chi connectivity index (χ0v) is 14.6. The Hall–Kier alpha value is 0.260. The van der Waals surface area contributed by atoms with Gasteiger partial charge in [0.2, 0.25) is 0 Å². The average Bonchev–Trinajstić information content (AvgIpc) is 2.73. The van der Waals surface area contributed by atoms with Crippen LogP contribution in [-0.2, 0) is 0 Å². The Bertz CT molecular complexity index is 354. The number of rotatable bonds is 4. The highest BCUT2D eigenvalue weighted by molar-refractivity contribution is 9.10. The molecule has 1 saturated heterocycles. The Balaban J connectivity index is 0.00000162. The second kappa shape index (κ2) is 9.24. The van der Waals surface area contributed by atoms with Crippen molar-refractivity contribution >= 4 is 40.7 Å². The van der Waals surface area contributed by atoms with E-state index in [4.69, 9.17) is 4.42 Å². The maximum Gasteiger partial charge on any atom is 0.169 e. The Morgan fingerprint density at radius 1 is 1.26 bits per heavy atom. The van der Waals surface area contributed by atoms with Crippen molar-refractivity contribution in [1.29, 1.82) is 0 Å². The predicted molar refractivity (Wildman–Crippen MR) is 87.5 cm³/mol. The zero-order valence-electron chi connectivity index (χ0n) is 11.4. The second-order valence-electron chi connectivity index (χ2n) is 5.07. The minimum Gasteiger partial charge on any atom is -0.453 e. The first-order chi connectivity index (χ1) is 8.16.